The second kappa shape index (κ2) is 7.69. The highest BCUT2D eigenvalue weighted by atomic mass is 79.9. The van der Waals surface area contributed by atoms with Crippen LogP contribution in [0.2, 0.25) is 0 Å². The Labute approximate surface area is 172 Å². The number of rotatable bonds is 4. The molecule has 0 bridgehead atoms. The maximum Gasteiger partial charge on any atom is 0.236 e. The smallest absolute Gasteiger partial charge is 0.236 e. The standard InChI is InChI=1S/C20H19BrN2O4S/c1-14-2-4-15(5-3-14)18-22-19(20(27-18)23-10-12-26-13-11-23)28(24,25)17-8-6-16(21)7-9-17/h2-9H,10-13H2,1H3. The van der Waals surface area contributed by atoms with Crippen molar-refractivity contribution in [1.29, 1.82) is 0 Å². The Bertz CT molecular complexity index is 1070. The first-order valence-electron chi connectivity index (χ1n) is 8.86. The van der Waals surface area contributed by atoms with E-state index in [0.717, 1.165) is 15.6 Å². The Kier molecular flexibility index (Phi) is 5.27. The molecule has 1 aliphatic rings. The third kappa shape index (κ3) is 3.72. The maximum absolute atomic E-state index is 13.3. The molecule has 0 amide bonds. The number of hydrogen-bond donors (Lipinski definition) is 0. The molecule has 8 heteroatoms. The fraction of sp³-hybridized carbons (Fsp3) is 0.250. The molecule has 146 valence electrons. The molecule has 1 fully saturated rings. The molecule has 6 nitrogen and oxygen atoms in total. The summed E-state index contributed by atoms with van der Waals surface area (Å²) >= 11 is 3.33. The third-order valence-electron chi connectivity index (χ3n) is 4.55. The lowest BCUT2D eigenvalue weighted by Crippen LogP contribution is -2.36. The third-order valence-corrected chi connectivity index (χ3v) is 6.75. The number of aromatic nitrogens is 1. The van der Waals surface area contributed by atoms with Gasteiger partial charge in [-0.1, -0.05) is 33.6 Å². The second-order valence-corrected chi connectivity index (χ2v) is 9.33. The van der Waals surface area contributed by atoms with Crippen molar-refractivity contribution in [2.24, 2.45) is 0 Å². The first-order valence-corrected chi connectivity index (χ1v) is 11.1. The molecule has 0 spiro atoms. The summed E-state index contributed by atoms with van der Waals surface area (Å²) < 4.78 is 38.8. The van der Waals surface area contributed by atoms with Gasteiger partial charge >= 0.3 is 0 Å². The number of hydrogen-bond acceptors (Lipinski definition) is 6. The SMILES string of the molecule is Cc1ccc(-c2nc(S(=O)(=O)c3ccc(Br)cc3)c(N3CCOCC3)o2)cc1. The highest BCUT2D eigenvalue weighted by Crippen LogP contribution is 2.35. The number of oxazole rings is 1. The van der Waals surface area contributed by atoms with Crippen LogP contribution in [0.3, 0.4) is 0 Å². The highest BCUT2D eigenvalue weighted by Gasteiger charge is 2.32. The summed E-state index contributed by atoms with van der Waals surface area (Å²) in [5.41, 5.74) is 1.84. The van der Waals surface area contributed by atoms with Crippen LogP contribution in [0.5, 0.6) is 0 Å². The van der Waals surface area contributed by atoms with Crippen LogP contribution in [0.4, 0.5) is 5.88 Å². The normalized spacial score (nSPS) is 15.0. The van der Waals surface area contributed by atoms with Crippen LogP contribution in [0.1, 0.15) is 5.56 Å². The van der Waals surface area contributed by atoms with Gasteiger partial charge in [0.15, 0.2) is 0 Å². The zero-order chi connectivity index (χ0) is 19.7. The van der Waals surface area contributed by atoms with Crippen LogP contribution in [0.15, 0.2) is 67.3 Å². The molecule has 0 unspecified atom stereocenters. The van der Waals surface area contributed by atoms with Gasteiger partial charge in [-0.3, -0.25) is 0 Å². The minimum absolute atomic E-state index is 0.0627. The Morgan fingerprint density at radius 2 is 1.64 bits per heavy atom. The van der Waals surface area contributed by atoms with Crippen molar-refractivity contribution >= 4 is 31.7 Å². The lowest BCUT2D eigenvalue weighted by Gasteiger charge is -2.26. The van der Waals surface area contributed by atoms with Crippen LogP contribution in [-0.4, -0.2) is 39.7 Å². The highest BCUT2D eigenvalue weighted by molar-refractivity contribution is 9.10. The Balaban J connectivity index is 1.84. The number of anilines is 1. The summed E-state index contributed by atoms with van der Waals surface area (Å²) in [5.74, 6) is 0.555. The fourth-order valence-electron chi connectivity index (χ4n) is 2.98. The van der Waals surface area contributed by atoms with E-state index in [1.165, 1.54) is 0 Å². The summed E-state index contributed by atoms with van der Waals surface area (Å²) in [6.45, 7) is 4.11. The van der Waals surface area contributed by atoms with Gasteiger partial charge in [-0.25, -0.2) is 8.42 Å². The van der Waals surface area contributed by atoms with Crippen molar-refractivity contribution < 1.29 is 17.6 Å². The Morgan fingerprint density at radius 3 is 2.29 bits per heavy atom. The summed E-state index contributed by atoms with van der Waals surface area (Å²) in [6, 6.07) is 14.1. The van der Waals surface area contributed by atoms with Crippen molar-refractivity contribution in [3.63, 3.8) is 0 Å². The van der Waals surface area contributed by atoms with E-state index in [9.17, 15) is 8.42 Å². The number of morpholine rings is 1. The summed E-state index contributed by atoms with van der Waals surface area (Å²) in [6.07, 6.45) is 0. The van der Waals surface area contributed by atoms with E-state index in [-0.39, 0.29) is 21.7 Å². The average molecular weight is 463 g/mol. The predicted octanol–water partition coefficient (Wildman–Crippen LogP) is 4.08. The summed E-state index contributed by atoms with van der Waals surface area (Å²) in [7, 11) is -3.84. The molecule has 0 aliphatic carbocycles. The molecular formula is C20H19BrN2O4S. The van der Waals surface area contributed by atoms with E-state index in [0.29, 0.717) is 26.3 Å². The number of sulfone groups is 1. The molecule has 2 heterocycles. The van der Waals surface area contributed by atoms with Gasteiger partial charge in [0.25, 0.3) is 0 Å². The Morgan fingerprint density at radius 1 is 1.00 bits per heavy atom. The van der Waals surface area contributed by atoms with Crippen molar-refractivity contribution in [3.05, 3.63) is 58.6 Å². The predicted molar refractivity (Wildman–Crippen MR) is 109 cm³/mol. The van der Waals surface area contributed by atoms with Crippen LogP contribution in [0.25, 0.3) is 11.5 Å². The van der Waals surface area contributed by atoms with Crippen LogP contribution >= 0.6 is 15.9 Å². The molecule has 28 heavy (non-hydrogen) atoms. The molecular weight excluding hydrogens is 444 g/mol. The number of nitrogens with zero attached hydrogens (tertiary/aromatic N) is 2. The lowest BCUT2D eigenvalue weighted by molar-refractivity contribution is 0.120. The molecule has 0 saturated carbocycles. The summed E-state index contributed by atoms with van der Waals surface area (Å²) in [5, 5.41) is -0.0627. The fourth-order valence-corrected chi connectivity index (χ4v) is 4.57. The van der Waals surface area contributed by atoms with Crippen molar-refractivity contribution in [3.8, 4) is 11.5 Å². The number of halogens is 1. The first kappa shape index (κ1) is 19.2. The van der Waals surface area contributed by atoms with Gasteiger partial charge in [-0.15, -0.1) is 0 Å². The van der Waals surface area contributed by atoms with E-state index in [2.05, 4.69) is 20.9 Å². The van der Waals surface area contributed by atoms with Gasteiger partial charge in [-0.2, -0.15) is 4.98 Å². The van der Waals surface area contributed by atoms with Gasteiger partial charge < -0.3 is 14.1 Å². The number of aryl methyl sites for hydroxylation is 1. The van der Waals surface area contributed by atoms with Crippen LogP contribution < -0.4 is 4.90 Å². The Hall–Kier alpha value is -2.16. The van der Waals surface area contributed by atoms with E-state index >= 15 is 0 Å². The van der Waals surface area contributed by atoms with Gasteiger partial charge in [-0.05, 0) is 43.3 Å². The molecule has 0 N–H and O–H groups in total. The van der Waals surface area contributed by atoms with Gasteiger partial charge in [0, 0.05) is 23.1 Å². The van der Waals surface area contributed by atoms with E-state index < -0.39 is 9.84 Å². The molecule has 2 aromatic carbocycles. The number of benzene rings is 2. The van der Waals surface area contributed by atoms with Crippen molar-refractivity contribution in [1.82, 2.24) is 4.98 Å². The molecule has 1 aliphatic heterocycles. The van der Waals surface area contributed by atoms with Crippen molar-refractivity contribution in [2.75, 3.05) is 31.2 Å². The van der Waals surface area contributed by atoms with Gasteiger partial charge in [0.2, 0.25) is 26.6 Å². The minimum Gasteiger partial charge on any atom is -0.419 e. The zero-order valence-electron chi connectivity index (χ0n) is 15.3. The van der Waals surface area contributed by atoms with Gasteiger partial charge in [0.05, 0.1) is 18.1 Å². The molecule has 3 aromatic rings. The van der Waals surface area contributed by atoms with Gasteiger partial charge in [0.1, 0.15) is 0 Å². The minimum atomic E-state index is -3.84. The first-order chi connectivity index (χ1) is 13.4. The second-order valence-electron chi connectivity index (χ2n) is 6.55. The van der Waals surface area contributed by atoms with E-state index in [4.69, 9.17) is 9.15 Å². The van der Waals surface area contributed by atoms with E-state index in [1.54, 1.807) is 24.3 Å². The molecule has 0 radical (unpaired) electrons. The molecule has 4 rings (SSSR count). The molecule has 1 saturated heterocycles. The van der Waals surface area contributed by atoms with Crippen LogP contribution in [-0.2, 0) is 14.6 Å². The topological polar surface area (TPSA) is 72.6 Å². The summed E-state index contributed by atoms with van der Waals surface area (Å²) in [4.78, 5) is 6.46. The molecule has 0 atom stereocenters. The van der Waals surface area contributed by atoms with Crippen molar-refractivity contribution in [2.45, 2.75) is 16.8 Å². The number of ether oxygens (including phenoxy) is 1. The lowest BCUT2D eigenvalue weighted by atomic mass is 10.1. The molecule has 1 aromatic heterocycles. The average Bonchev–Trinajstić information content (AvgIpc) is 3.16. The zero-order valence-corrected chi connectivity index (χ0v) is 17.7. The largest absolute Gasteiger partial charge is 0.419 e. The quantitative estimate of drug-likeness (QED) is 0.581. The van der Waals surface area contributed by atoms with E-state index in [1.807, 2.05) is 36.1 Å². The monoisotopic (exact) mass is 462 g/mol. The van der Waals surface area contributed by atoms with Crippen LogP contribution in [0, 0.1) is 6.92 Å². The maximum atomic E-state index is 13.3.